The van der Waals surface area contributed by atoms with E-state index in [0.717, 1.165) is 96.3 Å². The summed E-state index contributed by atoms with van der Waals surface area (Å²) in [4.78, 5) is 12.3. The van der Waals surface area contributed by atoms with Crippen LogP contribution >= 0.6 is 0 Å². The predicted octanol–water partition coefficient (Wildman–Crippen LogP) is 12.8. The molecule has 0 rings (SSSR count). The van der Waals surface area contributed by atoms with Crippen molar-refractivity contribution in [3.63, 3.8) is 0 Å². The second kappa shape index (κ2) is 41.9. The average Bonchev–Trinajstić information content (AvgIpc) is 3.15. The molecule has 1 amide bonds. The van der Waals surface area contributed by atoms with Gasteiger partial charge >= 0.3 is 0 Å². The first-order chi connectivity index (χ1) is 25.7. The van der Waals surface area contributed by atoms with Crippen LogP contribution < -0.4 is 5.32 Å². The summed E-state index contributed by atoms with van der Waals surface area (Å²) in [6.45, 7) is 4.09. The molecule has 2 atom stereocenters. The Morgan fingerprint density at radius 1 is 0.481 bits per heavy atom. The first kappa shape index (κ1) is 48.5. The second-order valence-electron chi connectivity index (χ2n) is 13.0. The summed E-state index contributed by atoms with van der Waals surface area (Å²) in [5, 5.41) is 22.7. The van der Waals surface area contributed by atoms with Crippen molar-refractivity contribution in [2.45, 2.75) is 154 Å². The van der Waals surface area contributed by atoms with Crippen LogP contribution in [0.1, 0.15) is 142 Å². The Labute approximate surface area is 320 Å². The summed E-state index contributed by atoms with van der Waals surface area (Å²) in [7, 11) is 0. The topological polar surface area (TPSA) is 69.6 Å². The van der Waals surface area contributed by atoms with E-state index in [1.165, 1.54) is 25.7 Å². The maximum absolute atomic E-state index is 12.3. The SMILES string of the molecule is CC/C=C\C/C=C\C/C=C\C/C=C\C/C=C\C/C=C\C/C=C\C/C=C\C/C=C\C/C=C\CCCCC(=O)NC(CO)C(O)/C=C/CCCCCCC. The lowest BCUT2D eigenvalue weighted by molar-refractivity contribution is -0.123. The maximum atomic E-state index is 12.3. The summed E-state index contributed by atoms with van der Waals surface area (Å²) in [6.07, 6.45) is 67.1. The molecule has 0 aliphatic heterocycles. The fourth-order valence-electron chi connectivity index (χ4n) is 5.02. The van der Waals surface area contributed by atoms with Gasteiger partial charge in [-0.15, -0.1) is 0 Å². The molecule has 3 N–H and O–H groups in total. The molecule has 0 heterocycles. The Balaban J connectivity index is 3.77. The molecular formula is C48H75NO3. The lowest BCUT2D eigenvalue weighted by Gasteiger charge is -2.19. The smallest absolute Gasteiger partial charge is 0.220 e. The van der Waals surface area contributed by atoms with Crippen LogP contribution in [0.15, 0.2) is 134 Å². The monoisotopic (exact) mass is 714 g/mol. The highest BCUT2D eigenvalue weighted by atomic mass is 16.3. The van der Waals surface area contributed by atoms with E-state index in [1.54, 1.807) is 6.08 Å². The number of rotatable bonds is 34. The van der Waals surface area contributed by atoms with Crippen LogP contribution in [0.2, 0.25) is 0 Å². The van der Waals surface area contributed by atoms with E-state index in [-0.39, 0.29) is 12.5 Å². The molecule has 0 fully saturated rings. The summed E-state index contributed by atoms with van der Waals surface area (Å²) in [5.41, 5.74) is 0. The minimum atomic E-state index is -0.863. The molecule has 4 heteroatoms. The zero-order chi connectivity index (χ0) is 37.8. The number of hydrogen-bond donors (Lipinski definition) is 3. The normalized spacial score (nSPS) is 14.5. The molecular weight excluding hydrogens is 639 g/mol. The molecule has 0 saturated carbocycles. The van der Waals surface area contributed by atoms with E-state index in [1.807, 2.05) is 6.08 Å². The molecule has 0 aromatic rings. The molecule has 0 radical (unpaired) electrons. The Morgan fingerprint density at radius 3 is 1.25 bits per heavy atom. The van der Waals surface area contributed by atoms with Gasteiger partial charge in [-0.05, 0) is 96.3 Å². The number of carbonyl (C=O) groups excluding carboxylic acids is 1. The van der Waals surface area contributed by atoms with Crippen molar-refractivity contribution >= 4 is 5.91 Å². The average molecular weight is 714 g/mol. The number of hydrogen-bond acceptors (Lipinski definition) is 3. The van der Waals surface area contributed by atoms with Crippen LogP contribution in [-0.4, -0.2) is 34.9 Å². The maximum Gasteiger partial charge on any atom is 0.220 e. The number of aliphatic hydroxyl groups is 2. The van der Waals surface area contributed by atoms with Gasteiger partial charge in [0.15, 0.2) is 0 Å². The summed E-state index contributed by atoms with van der Waals surface area (Å²) in [6, 6.07) is -0.652. The highest BCUT2D eigenvalue weighted by Crippen LogP contribution is 2.07. The van der Waals surface area contributed by atoms with Crippen LogP contribution in [0.5, 0.6) is 0 Å². The third-order valence-corrected chi connectivity index (χ3v) is 8.14. The highest BCUT2D eigenvalue weighted by Gasteiger charge is 2.17. The van der Waals surface area contributed by atoms with Crippen molar-refractivity contribution in [1.29, 1.82) is 0 Å². The van der Waals surface area contributed by atoms with Gasteiger partial charge in [0, 0.05) is 6.42 Å². The molecule has 0 bridgehead atoms. The van der Waals surface area contributed by atoms with E-state index in [2.05, 4.69) is 141 Å². The molecule has 4 nitrogen and oxygen atoms in total. The molecule has 0 aliphatic rings. The number of carbonyl (C=O) groups is 1. The highest BCUT2D eigenvalue weighted by molar-refractivity contribution is 5.76. The number of aliphatic hydroxyl groups excluding tert-OH is 2. The van der Waals surface area contributed by atoms with Crippen molar-refractivity contribution in [3.05, 3.63) is 134 Å². The minimum Gasteiger partial charge on any atom is -0.394 e. The molecule has 0 aromatic carbocycles. The summed E-state index contributed by atoms with van der Waals surface area (Å²) >= 11 is 0. The molecule has 290 valence electrons. The zero-order valence-electron chi connectivity index (χ0n) is 33.0. The zero-order valence-corrected chi connectivity index (χ0v) is 33.0. The van der Waals surface area contributed by atoms with E-state index >= 15 is 0 Å². The second-order valence-corrected chi connectivity index (χ2v) is 13.0. The molecule has 52 heavy (non-hydrogen) atoms. The van der Waals surface area contributed by atoms with Crippen molar-refractivity contribution in [3.8, 4) is 0 Å². The molecule has 0 aliphatic carbocycles. The third kappa shape index (κ3) is 37.8. The van der Waals surface area contributed by atoms with E-state index < -0.39 is 12.1 Å². The number of nitrogens with one attached hydrogen (secondary N) is 1. The number of allylic oxidation sites excluding steroid dienone is 21. The Kier molecular flexibility index (Phi) is 39.1. The fourth-order valence-corrected chi connectivity index (χ4v) is 5.02. The van der Waals surface area contributed by atoms with Crippen molar-refractivity contribution in [1.82, 2.24) is 5.32 Å². The van der Waals surface area contributed by atoms with Gasteiger partial charge in [-0.3, -0.25) is 4.79 Å². The van der Waals surface area contributed by atoms with Gasteiger partial charge in [-0.1, -0.05) is 173 Å². The third-order valence-electron chi connectivity index (χ3n) is 8.14. The minimum absolute atomic E-state index is 0.119. The van der Waals surface area contributed by atoms with Gasteiger partial charge < -0.3 is 15.5 Å². The van der Waals surface area contributed by atoms with Gasteiger partial charge in [0.2, 0.25) is 5.91 Å². The summed E-state index contributed by atoms with van der Waals surface area (Å²) < 4.78 is 0. The van der Waals surface area contributed by atoms with Crippen LogP contribution in [-0.2, 0) is 4.79 Å². The van der Waals surface area contributed by atoms with Crippen LogP contribution in [0.25, 0.3) is 0 Å². The summed E-state index contributed by atoms with van der Waals surface area (Å²) in [5.74, 6) is -0.119. The number of unbranched alkanes of at least 4 members (excludes halogenated alkanes) is 7. The lowest BCUT2D eigenvalue weighted by atomic mass is 10.1. The Morgan fingerprint density at radius 2 is 0.846 bits per heavy atom. The standard InChI is InChI=1S/C48H75NO3/c1-3-5-7-9-11-12-13-14-15-16-17-18-19-20-21-22-23-24-25-26-27-28-29-30-31-32-33-34-35-36-38-40-42-44-48(52)49-46(45-50)47(51)43-41-39-37-10-8-6-4-2/h5,7,11-12,14-15,17-18,20-21,23-24,26-27,29-30,32-33,35-36,41,43,46-47,50-51H,3-4,6,8-10,13,16,19,22,25,28,31,34,37-40,42,44-45H2,1-2H3,(H,49,52)/b7-5-,12-11-,15-14-,18-17-,21-20-,24-23-,27-26-,30-29-,33-32-,36-35-,43-41+. The fraction of sp³-hybridized carbons (Fsp3) is 0.521. The Hall–Kier alpha value is -3.47. The quantitative estimate of drug-likeness (QED) is 0.0459. The lowest BCUT2D eigenvalue weighted by Crippen LogP contribution is -2.45. The van der Waals surface area contributed by atoms with E-state index in [9.17, 15) is 15.0 Å². The molecule has 0 spiro atoms. The van der Waals surface area contributed by atoms with Gasteiger partial charge in [0.1, 0.15) is 0 Å². The van der Waals surface area contributed by atoms with Crippen molar-refractivity contribution in [2.75, 3.05) is 6.61 Å². The van der Waals surface area contributed by atoms with Crippen LogP contribution in [0, 0.1) is 0 Å². The first-order valence-corrected chi connectivity index (χ1v) is 20.4. The molecule has 0 aromatic heterocycles. The van der Waals surface area contributed by atoms with Crippen molar-refractivity contribution < 1.29 is 15.0 Å². The van der Waals surface area contributed by atoms with Crippen molar-refractivity contribution in [2.24, 2.45) is 0 Å². The van der Waals surface area contributed by atoms with E-state index in [0.29, 0.717) is 6.42 Å². The largest absolute Gasteiger partial charge is 0.394 e. The van der Waals surface area contributed by atoms with E-state index in [4.69, 9.17) is 0 Å². The first-order valence-electron chi connectivity index (χ1n) is 20.4. The molecule has 2 unspecified atom stereocenters. The van der Waals surface area contributed by atoms with Crippen LogP contribution in [0.3, 0.4) is 0 Å². The number of amides is 1. The van der Waals surface area contributed by atoms with Gasteiger partial charge in [-0.2, -0.15) is 0 Å². The van der Waals surface area contributed by atoms with Gasteiger partial charge in [-0.25, -0.2) is 0 Å². The molecule has 0 saturated heterocycles. The Bertz CT molecular complexity index is 1130. The van der Waals surface area contributed by atoms with Gasteiger partial charge in [0.05, 0.1) is 18.8 Å². The van der Waals surface area contributed by atoms with Gasteiger partial charge in [0.25, 0.3) is 0 Å². The predicted molar refractivity (Wildman–Crippen MR) is 229 cm³/mol. The van der Waals surface area contributed by atoms with Crippen LogP contribution in [0.4, 0.5) is 0 Å².